The summed E-state index contributed by atoms with van der Waals surface area (Å²) in [7, 11) is 0. The van der Waals surface area contributed by atoms with E-state index in [1.54, 1.807) is 6.26 Å². The Morgan fingerprint density at radius 3 is 3.00 bits per heavy atom. The molecule has 0 radical (unpaired) electrons. The van der Waals surface area contributed by atoms with Crippen LogP contribution in [0.1, 0.15) is 11.7 Å². The van der Waals surface area contributed by atoms with Gasteiger partial charge in [0.15, 0.2) is 4.60 Å². The van der Waals surface area contributed by atoms with Crippen LogP contribution in [0.5, 0.6) is 0 Å². The number of rotatable bonds is 1. The van der Waals surface area contributed by atoms with E-state index in [1.165, 1.54) is 0 Å². The van der Waals surface area contributed by atoms with Crippen LogP contribution in [0.4, 0.5) is 0 Å². The molecule has 9 heavy (non-hydrogen) atoms. The lowest BCUT2D eigenvalue weighted by molar-refractivity contribution is 0.404. The number of ether oxygens (including phenoxy) is 1. The number of halogens is 1. The lowest BCUT2D eigenvalue weighted by Gasteiger charge is -1.81. The normalized spacial score (nSPS) is 24.3. The summed E-state index contributed by atoms with van der Waals surface area (Å²) >= 11 is 3.22. The van der Waals surface area contributed by atoms with Gasteiger partial charge in [-0.2, -0.15) is 0 Å². The van der Waals surface area contributed by atoms with Crippen molar-refractivity contribution in [3.05, 3.63) is 16.4 Å². The van der Waals surface area contributed by atoms with Crippen LogP contribution in [0.3, 0.4) is 0 Å². The first kappa shape index (κ1) is 5.44. The van der Waals surface area contributed by atoms with Crippen LogP contribution in [-0.4, -0.2) is 11.8 Å². The summed E-state index contributed by atoms with van der Waals surface area (Å²) in [6, 6.07) is 0. The van der Waals surface area contributed by atoms with Crippen LogP contribution in [0.15, 0.2) is 15.4 Å². The van der Waals surface area contributed by atoms with Crippen molar-refractivity contribution in [1.29, 1.82) is 0 Å². The molecule has 0 aromatic carbocycles. The summed E-state index contributed by atoms with van der Waals surface area (Å²) in [6.45, 7) is 0.791. The monoisotopic (exact) mass is 189 g/mol. The highest BCUT2D eigenvalue weighted by Crippen LogP contribution is 2.33. The second-order valence-corrected chi connectivity index (χ2v) is 2.63. The summed E-state index contributed by atoms with van der Waals surface area (Å²) in [6.07, 6.45) is 1.83. The molecule has 1 saturated heterocycles. The Morgan fingerprint density at radius 1 is 1.78 bits per heavy atom. The molecule has 1 aliphatic heterocycles. The zero-order chi connectivity index (χ0) is 6.27. The Labute approximate surface area is 60.1 Å². The second-order valence-electron chi connectivity index (χ2n) is 1.88. The minimum absolute atomic E-state index is 0.227. The molecule has 0 amide bonds. The largest absolute Gasteiger partial charge is 0.368 e. The van der Waals surface area contributed by atoms with Crippen LogP contribution in [0.25, 0.3) is 0 Å². The standard InChI is InChI=1S/C5H4BrNO2/c6-5-3(1-9-7-5)4-2-8-4/h1,4H,2H2/t4-/m1/s1. The number of nitrogens with zero attached hydrogens (tertiary/aromatic N) is 1. The minimum Gasteiger partial charge on any atom is -0.368 e. The van der Waals surface area contributed by atoms with Gasteiger partial charge in [0.1, 0.15) is 12.4 Å². The predicted octanol–water partition coefficient (Wildman–Crippen LogP) is 1.51. The van der Waals surface area contributed by atoms with Crippen LogP contribution in [0, 0.1) is 0 Å². The van der Waals surface area contributed by atoms with Crippen LogP contribution in [0.2, 0.25) is 0 Å². The van der Waals surface area contributed by atoms with Crippen molar-refractivity contribution < 1.29 is 9.26 Å². The Bertz CT molecular complexity index is 218. The van der Waals surface area contributed by atoms with E-state index >= 15 is 0 Å². The average molecular weight is 190 g/mol. The van der Waals surface area contributed by atoms with E-state index < -0.39 is 0 Å². The Morgan fingerprint density at radius 2 is 2.56 bits per heavy atom. The molecule has 2 heterocycles. The van der Waals surface area contributed by atoms with Gasteiger partial charge in [0, 0.05) is 0 Å². The lowest BCUT2D eigenvalue weighted by Crippen LogP contribution is -1.74. The molecule has 4 heteroatoms. The summed E-state index contributed by atoms with van der Waals surface area (Å²) in [5.74, 6) is 0. The highest BCUT2D eigenvalue weighted by atomic mass is 79.9. The molecule has 0 N–H and O–H groups in total. The third kappa shape index (κ3) is 0.881. The van der Waals surface area contributed by atoms with Crippen molar-refractivity contribution in [2.24, 2.45) is 0 Å². The van der Waals surface area contributed by atoms with Crippen molar-refractivity contribution in [1.82, 2.24) is 5.16 Å². The van der Waals surface area contributed by atoms with Crippen molar-refractivity contribution >= 4 is 15.9 Å². The van der Waals surface area contributed by atoms with Gasteiger partial charge in [0.05, 0.1) is 12.2 Å². The van der Waals surface area contributed by atoms with Crippen LogP contribution < -0.4 is 0 Å². The molecular weight excluding hydrogens is 186 g/mol. The molecule has 0 aliphatic carbocycles. The Hall–Kier alpha value is -0.350. The molecule has 2 rings (SSSR count). The van der Waals surface area contributed by atoms with Crippen LogP contribution in [-0.2, 0) is 4.74 Å². The molecular formula is C5H4BrNO2. The van der Waals surface area contributed by atoms with E-state index in [4.69, 9.17) is 4.74 Å². The molecule has 1 aromatic rings. The number of aromatic nitrogens is 1. The molecule has 0 spiro atoms. The van der Waals surface area contributed by atoms with E-state index in [0.29, 0.717) is 0 Å². The maximum Gasteiger partial charge on any atom is 0.155 e. The molecule has 1 atom stereocenters. The third-order valence-electron chi connectivity index (χ3n) is 1.23. The van der Waals surface area contributed by atoms with Gasteiger partial charge >= 0.3 is 0 Å². The molecule has 1 aromatic heterocycles. The maximum absolute atomic E-state index is 5.00. The van der Waals surface area contributed by atoms with Gasteiger partial charge in [0.25, 0.3) is 0 Å². The highest BCUT2D eigenvalue weighted by molar-refractivity contribution is 9.10. The fourth-order valence-electron chi connectivity index (χ4n) is 0.667. The fraction of sp³-hybridized carbons (Fsp3) is 0.400. The third-order valence-corrected chi connectivity index (χ3v) is 1.83. The summed E-state index contributed by atoms with van der Waals surface area (Å²) in [4.78, 5) is 0. The Kier molecular flexibility index (Phi) is 1.10. The van der Waals surface area contributed by atoms with Crippen LogP contribution >= 0.6 is 15.9 Å². The average Bonchev–Trinajstić information content (AvgIpc) is 2.58. The van der Waals surface area contributed by atoms with Crippen molar-refractivity contribution in [3.63, 3.8) is 0 Å². The quantitative estimate of drug-likeness (QED) is 0.630. The van der Waals surface area contributed by atoms with Gasteiger partial charge in [-0.05, 0) is 15.9 Å². The lowest BCUT2D eigenvalue weighted by atomic mass is 10.3. The first-order chi connectivity index (χ1) is 4.38. The molecule has 1 aliphatic rings. The molecule has 0 saturated carbocycles. The van der Waals surface area contributed by atoms with Gasteiger partial charge < -0.3 is 9.26 Å². The zero-order valence-corrected chi connectivity index (χ0v) is 6.09. The van der Waals surface area contributed by atoms with Gasteiger partial charge in [-0.15, -0.1) is 0 Å². The maximum atomic E-state index is 5.00. The van der Waals surface area contributed by atoms with E-state index in [1.807, 2.05) is 0 Å². The minimum atomic E-state index is 0.227. The van der Waals surface area contributed by atoms with E-state index in [2.05, 4.69) is 25.6 Å². The first-order valence-electron chi connectivity index (χ1n) is 2.59. The first-order valence-corrected chi connectivity index (χ1v) is 3.38. The highest BCUT2D eigenvalue weighted by Gasteiger charge is 2.28. The summed E-state index contributed by atoms with van der Waals surface area (Å²) < 4.78 is 10.4. The van der Waals surface area contributed by atoms with E-state index in [-0.39, 0.29) is 6.10 Å². The van der Waals surface area contributed by atoms with Gasteiger partial charge in [0.2, 0.25) is 0 Å². The molecule has 0 unspecified atom stereocenters. The summed E-state index contributed by atoms with van der Waals surface area (Å²) in [5.41, 5.74) is 1.01. The number of hydrogen-bond acceptors (Lipinski definition) is 3. The number of epoxide rings is 1. The zero-order valence-electron chi connectivity index (χ0n) is 4.50. The molecule has 48 valence electrons. The van der Waals surface area contributed by atoms with Crippen molar-refractivity contribution in [3.8, 4) is 0 Å². The Balaban J connectivity index is 2.35. The number of hydrogen-bond donors (Lipinski definition) is 0. The van der Waals surface area contributed by atoms with Crippen molar-refractivity contribution in [2.45, 2.75) is 6.10 Å². The van der Waals surface area contributed by atoms with Gasteiger partial charge in [-0.3, -0.25) is 0 Å². The topological polar surface area (TPSA) is 38.6 Å². The molecule has 0 bridgehead atoms. The molecule has 1 fully saturated rings. The smallest absolute Gasteiger partial charge is 0.155 e. The van der Waals surface area contributed by atoms with E-state index in [9.17, 15) is 0 Å². The van der Waals surface area contributed by atoms with Crippen molar-refractivity contribution in [2.75, 3.05) is 6.61 Å². The summed E-state index contributed by atoms with van der Waals surface area (Å²) in [5, 5.41) is 3.64. The van der Waals surface area contributed by atoms with Gasteiger partial charge in [-0.25, -0.2) is 0 Å². The second kappa shape index (κ2) is 1.82. The SMILES string of the molecule is Brc1nocc1[C@H]1CO1. The fourth-order valence-corrected chi connectivity index (χ4v) is 1.10. The molecule has 3 nitrogen and oxygen atoms in total. The predicted molar refractivity (Wildman–Crippen MR) is 32.9 cm³/mol. The van der Waals surface area contributed by atoms with E-state index in [0.717, 1.165) is 16.8 Å². The van der Waals surface area contributed by atoms with Gasteiger partial charge in [-0.1, -0.05) is 5.16 Å².